The Labute approximate surface area is 120 Å². The van der Waals surface area contributed by atoms with Gasteiger partial charge >= 0.3 is 6.36 Å². The average Bonchev–Trinajstić information content (AvgIpc) is 2.88. The summed E-state index contributed by atoms with van der Waals surface area (Å²) in [7, 11) is 0. The number of amides is 1. The number of benzene rings is 1. The fourth-order valence-corrected chi connectivity index (χ4v) is 2.53. The zero-order chi connectivity index (χ0) is 15.5. The van der Waals surface area contributed by atoms with Gasteiger partial charge in [-0.15, -0.1) is 13.2 Å². The maximum Gasteiger partial charge on any atom is 0.573 e. The highest BCUT2D eigenvalue weighted by atomic mass is 19.4. The predicted molar refractivity (Wildman–Crippen MR) is 70.5 cm³/mol. The van der Waals surface area contributed by atoms with Crippen LogP contribution in [0.15, 0.2) is 24.3 Å². The van der Waals surface area contributed by atoms with E-state index in [1.807, 2.05) is 0 Å². The second kappa shape index (κ2) is 6.34. The molecule has 1 fully saturated rings. The first-order valence-corrected chi connectivity index (χ1v) is 6.76. The zero-order valence-electron chi connectivity index (χ0n) is 11.3. The largest absolute Gasteiger partial charge is 0.573 e. The Morgan fingerprint density at radius 1 is 1.24 bits per heavy atom. The molecule has 1 aromatic rings. The normalized spacial score (nSPS) is 17.7. The van der Waals surface area contributed by atoms with Crippen LogP contribution < -0.4 is 15.8 Å². The minimum atomic E-state index is -4.73. The Morgan fingerprint density at radius 2 is 1.81 bits per heavy atom. The summed E-state index contributed by atoms with van der Waals surface area (Å²) >= 11 is 0. The lowest BCUT2D eigenvalue weighted by molar-refractivity contribution is -0.274. The molecule has 0 aromatic heterocycles. The molecule has 1 atom stereocenters. The number of rotatable bonds is 5. The molecule has 4 nitrogen and oxygen atoms in total. The van der Waals surface area contributed by atoms with E-state index in [9.17, 15) is 18.0 Å². The number of hydrogen-bond acceptors (Lipinski definition) is 3. The Hall–Kier alpha value is -1.76. The van der Waals surface area contributed by atoms with Crippen LogP contribution in [0.3, 0.4) is 0 Å². The van der Waals surface area contributed by atoms with Gasteiger partial charge in [0.05, 0.1) is 0 Å². The molecule has 0 bridgehead atoms. The molecule has 0 aliphatic heterocycles. The van der Waals surface area contributed by atoms with Gasteiger partial charge in [-0.1, -0.05) is 25.0 Å². The van der Waals surface area contributed by atoms with Gasteiger partial charge < -0.3 is 10.5 Å². The summed E-state index contributed by atoms with van der Waals surface area (Å²) in [6.07, 6.45) is -0.589. The molecule has 1 amide bonds. The molecule has 1 aromatic carbocycles. The van der Waals surface area contributed by atoms with Gasteiger partial charge in [0.15, 0.2) is 0 Å². The highest BCUT2D eigenvalue weighted by Gasteiger charge is 2.31. The lowest BCUT2D eigenvalue weighted by Crippen LogP contribution is -2.38. The highest BCUT2D eigenvalue weighted by molar-refractivity contribution is 5.81. The van der Waals surface area contributed by atoms with Crippen molar-refractivity contribution in [2.45, 2.75) is 44.1 Å². The van der Waals surface area contributed by atoms with Gasteiger partial charge in [0.25, 0.3) is 0 Å². The van der Waals surface area contributed by atoms with Crippen molar-refractivity contribution in [2.75, 3.05) is 0 Å². The van der Waals surface area contributed by atoms with Crippen LogP contribution in [-0.2, 0) is 4.79 Å². The number of hydrogen-bond donors (Lipinski definition) is 2. The quantitative estimate of drug-likeness (QED) is 0.879. The lowest BCUT2D eigenvalue weighted by atomic mass is 10.0. The summed E-state index contributed by atoms with van der Waals surface area (Å²) in [4.78, 5) is 11.5. The number of halogens is 3. The smallest absolute Gasteiger partial charge is 0.406 e. The third-order valence-corrected chi connectivity index (χ3v) is 3.49. The fraction of sp³-hybridized carbons (Fsp3) is 0.500. The molecule has 1 saturated carbocycles. The molecule has 0 spiro atoms. The summed E-state index contributed by atoms with van der Waals surface area (Å²) in [5, 5.41) is 3.16. The van der Waals surface area contributed by atoms with Gasteiger partial charge in [-0.05, 0) is 30.5 Å². The second-order valence-electron chi connectivity index (χ2n) is 5.10. The number of nitrogens with two attached hydrogens (primary N) is 1. The van der Waals surface area contributed by atoms with E-state index in [4.69, 9.17) is 5.73 Å². The van der Waals surface area contributed by atoms with E-state index >= 15 is 0 Å². The third-order valence-electron chi connectivity index (χ3n) is 3.49. The van der Waals surface area contributed by atoms with E-state index in [0.717, 1.165) is 25.7 Å². The van der Waals surface area contributed by atoms with Gasteiger partial charge in [0.1, 0.15) is 11.8 Å². The van der Waals surface area contributed by atoms with E-state index in [1.165, 1.54) is 24.3 Å². The van der Waals surface area contributed by atoms with E-state index < -0.39 is 18.3 Å². The van der Waals surface area contributed by atoms with Crippen LogP contribution in [0.1, 0.15) is 37.3 Å². The topological polar surface area (TPSA) is 64.4 Å². The van der Waals surface area contributed by atoms with E-state index in [2.05, 4.69) is 10.1 Å². The van der Waals surface area contributed by atoms with Gasteiger partial charge in [-0.25, -0.2) is 0 Å². The first-order chi connectivity index (χ1) is 9.85. The molecule has 3 N–H and O–H groups in total. The molecular formula is C14H17F3N2O2. The number of carbonyl (C=O) groups excluding carboxylic acids is 1. The summed E-state index contributed by atoms with van der Waals surface area (Å²) in [5.74, 6) is -0.873. The average molecular weight is 302 g/mol. The van der Waals surface area contributed by atoms with Crippen LogP contribution >= 0.6 is 0 Å². The van der Waals surface area contributed by atoms with E-state index in [0.29, 0.717) is 5.56 Å². The predicted octanol–water partition coefficient (Wildman–Crippen LogP) is 2.64. The fourth-order valence-electron chi connectivity index (χ4n) is 2.53. The Balaban J connectivity index is 2.07. The van der Waals surface area contributed by atoms with Crippen molar-refractivity contribution < 1.29 is 22.7 Å². The van der Waals surface area contributed by atoms with Gasteiger partial charge in [-0.2, -0.15) is 0 Å². The Bertz CT molecular complexity index is 482. The SMILES string of the molecule is NC(=O)C(NC1CCCC1)c1ccc(OC(F)(F)F)cc1. The standard InChI is InChI=1S/C14H17F3N2O2/c15-14(16,17)21-11-7-5-9(6-8-11)12(13(18)20)19-10-3-1-2-4-10/h5-8,10,12,19H,1-4H2,(H2,18,20). The molecule has 21 heavy (non-hydrogen) atoms. The second-order valence-corrected chi connectivity index (χ2v) is 5.10. The monoisotopic (exact) mass is 302 g/mol. The molecule has 0 saturated heterocycles. The Morgan fingerprint density at radius 3 is 2.29 bits per heavy atom. The van der Waals surface area contributed by atoms with Crippen molar-refractivity contribution in [1.82, 2.24) is 5.32 Å². The van der Waals surface area contributed by atoms with Crippen molar-refractivity contribution in [1.29, 1.82) is 0 Å². The minimum absolute atomic E-state index is 0.216. The molecule has 116 valence electrons. The van der Waals surface area contributed by atoms with Crippen LogP contribution in [-0.4, -0.2) is 18.3 Å². The lowest BCUT2D eigenvalue weighted by Gasteiger charge is -2.21. The van der Waals surface area contributed by atoms with Gasteiger partial charge in [-0.3, -0.25) is 10.1 Å². The molecule has 1 aliphatic carbocycles. The number of nitrogens with one attached hydrogen (secondary N) is 1. The summed E-state index contributed by atoms with van der Waals surface area (Å²) in [6.45, 7) is 0. The third kappa shape index (κ3) is 4.63. The van der Waals surface area contributed by atoms with Crippen molar-refractivity contribution in [3.63, 3.8) is 0 Å². The van der Waals surface area contributed by atoms with Crippen molar-refractivity contribution >= 4 is 5.91 Å². The number of primary amides is 1. The molecule has 0 heterocycles. The van der Waals surface area contributed by atoms with Crippen LogP contribution in [0.25, 0.3) is 0 Å². The maximum absolute atomic E-state index is 12.1. The molecule has 2 rings (SSSR count). The number of alkyl halides is 3. The van der Waals surface area contributed by atoms with Crippen LogP contribution in [0.2, 0.25) is 0 Å². The van der Waals surface area contributed by atoms with Gasteiger partial charge in [0.2, 0.25) is 5.91 Å². The van der Waals surface area contributed by atoms with Crippen molar-refractivity contribution in [3.8, 4) is 5.75 Å². The minimum Gasteiger partial charge on any atom is -0.406 e. The van der Waals surface area contributed by atoms with Gasteiger partial charge in [0, 0.05) is 6.04 Å². The molecule has 7 heteroatoms. The van der Waals surface area contributed by atoms with Crippen LogP contribution in [0.5, 0.6) is 5.75 Å². The summed E-state index contributed by atoms with van der Waals surface area (Å²) < 4.78 is 40.1. The van der Waals surface area contributed by atoms with E-state index in [-0.39, 0.29) is 11.8 Å². The molecule has 1 unspecified atom stereocenters. The molecular weight excluding hydrogens is 285 g/mol. The summed E-state index contributed by atoms with van der Waals surface area (Å²) in [6, 6.07) is 4.70. The number of ether oxygens (including phenoxy) is 1. The highest BCUT2D eigenvalue weighted by Crippen LogP contribution is 2.26. The maximum atomic E-state index is 12.1. The zero-order valence-corrected chi connectivity index (χ0v) is 11.3. The Kier molecular flexibility index (Phi) is 4.72. The summed E-state index contributed by atoms with van der Waals surface area (Å²) in [5.41, 5.74) is 5.91. The molecule has 1 aliphatic rings. The number of carbonyl (C=O) groups is 1. The molecule has 0 radical (unpaired) electrons. The first-order valence-electron chi connectivity index (χ1n) is 6.76. The van der Waals surface area contributed by atoms with E-state index in [1.54, 1.807) is 0 Å². The van der Waals surface area contributed by atoms with Crippen LogP contribution in [0.4, 0.5) is 13.2 Å². The first kappa shape index (κ1) is 15.6. The van der Waals surface area contributed by atoms with Crippen molar-refractivity contribution in [2.24, 2.45) is 5.73 Å². The van der Waals surface area contributed by atoms with Crippen molar-refractivity contribution in [3.05, 3.63) is 29.8 Å². The van der Waals surface area contributed by atoms with Crippen LogP contribution in [0, 0.1) is 0 Å².